The third-order valence-corrected chi connectivity index (χ3v) is 3.86. The number of rotatable bonds is 8. The zero-order chi connectivity index (χ0) is 20.8. The molecule has 8 heteroatoms. The van der Waals surface area contributed by atoms with Gasteiger partial charge in [0, 0.05) is 18.8 Å². The van der Waals surface area contributed by atoms with Crippen molar-refractivity contribution in [2.45, 2.75) is 39.0 Å². The van der Waals surface area contributed by atoms with Crippen molar-refractivity contribution in [1.82, 2.24) is 10.2 Å². The summed E-state index contributed by atoms with van der Waals surface area (Å²) in [6.07, 6.45) is 3.17. The van der Waals surface area contributed by atoms with Crippen molar-refractivity contribution in [3.8, 4) is 0 Å². The molecule has 148 valence electrons. The molecule has 28 heavy (non-hydrogen) atoms. The maximum Gasteiger partial charge on any atom is 1.00 e. The van der Waals surface area contributed by atoms with E-state index in [1.807, 2.05) is 32.9 Å². The first-order valence-corrected chi connectivity index (χ1v) is 9.34. The minimum Gasteiger partial charge on any atom is -0.322 e. The van der Waals surface area contributed by atoms with Crippen LogP contribution in [0.3, 0.4) is 0 Å². The van der Waals surface area contributed by atoms with Gasteiger partial charge in [0.2, 0.25) is 0 Å². The van der Waals surface area contributed by atoms with Gasteiger partial charge in [-0.2, -0.15) is 10.2 Å². The number of urea groups is 1. The summed E-state index contributed by atoms with van der Waals surface area (Å²) in [7, 11) is 0. The molecule has 6 nitrogen and oxygen atoms in total. The standard InChI is InChI=1S/C18H23N4O2S.C2H6.Rb/c1-5-7-12-22(13(3)23)18(24)20-17(25)15-10-8-14(9-11-15)16(6-2)21-19-4;1-2;/h6,8-11,17,25H,2-5,7,12H2,1H3,(H,20,24);1-2H3;/q-1;;+1/b21-16+;;. The number of unbranched alkanes of at least 4 members (excludes halogenated alkanes) is 1. The van der Waals surface area contributed by atoms with E-state index in [1.54, 1.807) is 18.2 Å². The van der Waals surface area contributed by atoms with E-state index >= 15 is 0 Å². The summed E-state index contributed by atoms with van der Waals surface area (Å²) in [5.74, 6) is -0.536. The number of carbonyl (C=O) groups is 2. The molecule has 3 amide bonds. The van der Waals surface area contributed by atoms with Gasteiger partial charge in [0.25, 0.3) is 0 Å². The van der Waals surface area contributed by atoms with Gasteiger partial charge in [-0.05, 0) is 18.1 Å². The number of carbonyl (C=O) groups excluding carboxylic acids is 2. The van der Waals surface area contributed by atoms with E-state index in [1.165, 1.54) is 0 Å². The molecule has 0 fully saturated rings. The Hall–Kier alpha value is -0.735. The first-order valence-electron chi connectivity index (χ1n) is 8.83. The van der Waals surface area contributed by atoms with Gasteiger partial charge in [0.15, 0.2) is 0 Å². The molecule has 1 atom stereocenters. The Morgan fingerprint density at radius 2 is 1.89 bits per heavy atom. The number of hydrogen-bond donors (Lipinski definition) is 2. The Bertz CT molecular complexity index is 663. The summed E-state index contributed by atoms with van der Waals surface area (Å²) in [5, 5.41) is 9.49. The van der Waals surface area contributed by atoms with Crippen molar-refractivity contribution in [2.24, 2.45) is 10.2 Å². The van der Waals surface area contributed by atoms with E-state index in [0.717, 1.165) is 28.9 Å². The normalized spacial score (nSPS) is 11.1. The van der Waals surface area contributed by atoms with Crippen molar-refractivity contribution in [3.05, 3.63) is 55.0 Å². The zero-order valence-corrected chi connectivity index (χ0v) is 23.1. The number of amides is 3. The summed E-state index contributed by atoms with van der Waals surface area (Å²) in [6, 6.07) is 6.73. The molecule has 0 aliphatic carbocycles. The van der Waals surface area contributed by atoms with E-state index in [9.17, 15) is 9.59 Å². The molecule has 1 aromatic rings. The van der Waals surface area contributed by atoms with E-state index in [-0.39, 0.29) is 58.2 Å². The van der Waals surface area contributed by atoms with Crippen molar-refractivity contribution >= 4 is 37.0 Å². The summed E-state index contributed by atoms with van der Waals surface area (Å²) < 4.78 is 0. The molecule has 0 spiro atoms. The van der Waals surface area contributed by atoms with Gasteiger partial charge in [0.1, 0.15) is 0 Å². The minimum atomic E-state index is -0.563. The maximum atomic E-state index is 12.2. The molecule has 1 rings (SSSR count). The predicted molar refractivity (Wildman–Crippen MR) is 116 cm³/mol. The van der Waals surface area contributed by atoms with Crippen LogP contribution >= 0.6 is 12.6 Å². The number of thiol groups is 1. The van der Waals surface area contributed by atoms with E-state index in [4.69, 9.17) is 0 Å². The SMILES string of the molecule is C=C/C(=N\N=C)c1ccc(C(S)NC(=O)N(CCCC)C([CH2-])=O)cc1.CC.[Rb+]. The van der Waals surface area contributed by atoms with Crippen molar-refractivity contribution < 1.29 is 67.8 Å². The van der Waals surface area contributed by atoms with E-state index in [0.29, 0.717) is 12.3 Å². The molecular weight excluding hydrogens is 446 g/mol. The first kappa shape index (κ1) is 29.5. The smallest absolute Gasteiger partial charge is 0.322 e. The third kappa shape index (κ3) is 10.2. The fraction of sp³-hybridized carbons (Fsp3) is 0.350. The molecule has 0 bridgehead atoms. The number of benzene rings is 1. The number of allylic oxidation sites excluding steroid dienone is 1. The predicted octanol–water partition coefficient (Wildman–Crippen LogP) is 1.41. The van der Waals surface area contributed by atoms with Gasteiger partial charge in [-0.3, -0.25) is 4.90 Å². The maximum absolute atomic E-state index is 12.2. The molecule has 0 saturated carbocycles. The molecule has 0 aliphatic heterocycles. The first-order chi connectivity index (χ1) is 12.9. The molecule has 1 aromatic carbocycles. The monoisotopic (exact) mass is 474 g/mol. The molecule has 1 unspecified atom stereocenters. The van der Waals surface area contributed by atoms with Crippen molar-refractivity contribution in [1.29, 1.82) is 0 Å². The second kappa shape index (κ2) is 17.2. The summed E-state index contributed by atoms with van der Waals surface area (Å²) in [6.45, 7) is 16.6. The van der Waals surface area contributed by atoms with Gasteiger partial charge in [-0.15, -0.1) is 12.6 Å². The van der Waals surface area contributed by atoms with Crippen molar-refractivity contribution in [3.63, 3.8) is 0 Å². The summed E-state index contributed by atoms with van der Waals surface area (Å²) in [4.78, 5) is 24.8. The fourth-order valence-electron chi connectivity index (χ4n) is 2.06. The Kier molecular flexibility index (Phi) is 18.0. The number of imide groups is 1. The van der Waals surface area contributed by atoms with Crippen LogP contribution in [0.25, 0.3) is 0 Å². The summed E-state index contributed by atoms with van der Waals surface area (Å²) >= 11 is 4.39. The van der Waals surface area contributed by atoms with Gasteiger partial charge >= 0.3 is 64.2 Å². The van der Waals surface area contributed by atoms with E-state index in [2.05, 4.69) is 48.4 Å². The van der Waals surface area contributed by atoms with Gasteiger partial charge < -0.3 is 17.0 Å². The molecule has 0 heterocycles. The average molecular weight is 475 g/mol. The Balaban J connectivity index is 0. The topological polar surface area (TPSA) is 74.1 Å². The van der Waals surface area contributed by atoms with Crippen LogP contribution in [0.5, 0.6) is 0 Å². The fourth-order valence-corrected chi connectivity index (χ4v) is 2.35. The van der Waals surface area contributed by atoms with Crippen LogP contribution in [0, 0.1) is 6.92 Å². The largest absolute Gasteiger partial charge is 1.00 e. The third-order valence-electron chi connectivity index (χ3n) is 3.44. The van der Waals surface area contributed by atoms with Gasteiger partial charge in [-0.1, -0.05) is 58.0 Å². The van der Waals surface area contributed by atoms with Crippen molar-refractivity contribution in [2.75, 3.05) is 6.54 Å². The second-order valence-electron chi connectivity index (χ2n) is 5.20. The average Bonchev–Trinajstić information content (AvgIpc) is 2.67. The molecule has 0 radical (unpaired) electrons. The molecule has 1 N–H and O–H groups in total. The van der Waals surface area contributed by atoms with Crippen LogP contribution in [0.2, 0.25) is 0 Å². The van der Waals surface area contributed by atoms with Crippen LogP contribution < -0.4 is 63.5 Å². The van der Waals surface area contributed by atoms with Crippen LogP contribution in [0.15, 0.2) is 47.1 Å². The zero-order valence-electron chi connectivity index (χ0n) is 17.3. The van der Waals surface area contributed by atoms with Gasteiger partial charge in [-0.25, -0.2) is 4.79 Å². The van der Waals surface area contributed by atoms with Crippen LogP contribution in [-0.4, -0.2) is 35.8 Å². The number of hydrogen-bond acceptors (Lipinski definition) is 5. The minimum absolute atomic E-state index is 0. The Labute approximate surface area is 223 Å². The number of nitrogens with one attached hydrogen (secondary N) is 1. The molecule has 0 aliphatic rings. The van der Waals surface area contributed by atoms with E-state index < -0.39 is 17.3 Å². The second-order valence-corrected chi connectivity index (χ2v) is 5.72. The Morgan fingerprint density at radius 1 is 1.32 bits per heavy atom. The van der Waals surface area contributed by atoms with Crippen LogP contribution in [0.1, 0.15) is 50.1 Å². The molecule has 0 aromatic heterocycles. The quantitative estimate of drug-likeness (QED) is 0.196. The van der Waals surface area contributed by atoms with Gasteiger partial charge in [0.05, 0.1) is 17.0 Å². The van der Waals surface area contributed by atoms with Crippen LogP contribution in [-0.2, 0) is 4.79 Å². The number of nitrogens with zero attached hydrogens (tertiary/aromatic N) is 3. The molecular formula is C20H29N4O2RbS. The van der Waals surface area contributed by atoms with Crippen LogP contribution in [0.4, 0.5) is 4.79 Å². The summed E-state index contributed by atoms with van der Waals surface area (Å²) in [5.41, 5.74) is 2.17. The Morgan fingerprint density at radius 3 is 2.32 bits per heavy atom. The molecule has 0 saturated heterocycles.